The standard InChI is InChI=1S/C19H9ClF5NO2/c20-12-7-2-1-6-11(12)19(27)26-9-4-3-5-10(8-9)28-18-16(24)14(22)13(21)15(23)17(18)25/h1-8H,(H,26,27). The van der Waals surface area contributed by atoms with Crippen molar-refractivity contribution in [2.75, 3.05) is 5.32 Å². The largest absolute Gasteiger partial charge is 0.451 e. The van der Waals surface area contributed by atoms with Crippen molar-refractivity contribution in [1.29, 1.82) is 0 Å². The van der Waals surface area contributed by atoms with Crippen molar-refractivity contribution < 1.29 is 31.5 Å². The quantitative estimate of drug-likeness (QED) is 0.320. The summed E-state index contributed by atoms with van der Waals surface area (Å²) in [5, 5.41) is 2.69. The van der Waals surface area contributed by atoms with Gasteiger partial charge in [-0.3, -0.25) is 4.79 Å². The number of amides is 1. The highest BCUT2D eigenvalue weighted by atomic mass is 35.5. The van der Waals surface area contributed by atoms with Gasteiger partial charge in [0, 0.05) is 11.8 Å². The second-order valence-electron chi connectivity index (χ2n) is 5.46. The monoisotopic (exact) mass is 413 g/mol. The van der Waals surface area contributed by atoms with Gasteiger partial charge in [0.05, 0.1) is 10.6 Å². The number of hydrogen-bond donors (Lipinski definition) is 1. The molecule has 0 bridgehead atoms. The molecule has 0 spiro atoms. The Morgan fingerprint density at radius 3 is 2.07 bits per heavy atom. The van der Waals surface area contributed by atoms with Crippen LogP contribution in [0.2, 0.25) is 5.02 Å². The molecule has 28 heavy (non-hydrogen) atoms. The van der Waals surface area contributed by atoms with Gasteiger partial charge >= 0.3 is 0 Å². The van der Waals surface area contributed by atoms with Crippen molar-refractivity contribution in [3.05, 3.63) is 88.2 Å². The zero-order chi connectivity index (χ0) is 20.4. The molecule has 0 aromatic heterocycles. The number of anilines is 1. The summed E-state index contributed by atoms with van der Waals surface area (Å²) in [5.41, 5.74) is 0.321. The van der Waals surface area contributed by atoms with Crippen molar-refractivity contribution in [3.8, 4) is 11.5 Å². The highest BCUT2D eigenvalue weighted by Crippen LogP contribution is 2.33. The van der Waals surface area contributed by atoms with Gasteiger partial charge in [-0.15, -0.1) is 0 Å². The van der Waals surface area contributed by atoms with E-state index >= 15 is 0 Å². The molecule has 0 saturated heterocycles. The van der Waals surface area contributed by atoms with E-state index in [1.165, 1.54) is 30.3 Å². The molecule has 0 unspecified atom stereocenters. The van der Waals surface area contributed by atoms with Crippen LogP contribution in [0.4, 0.5) is 27.6 Å². The summed E-state index contributed by atoms with van der Waals surface area (Å²) in [6.45, 7) is 0. The van der Waals surface area contributed by atoms with E-state index in [-0.39, 0.29) is 22.0 Å². The lowest BCUT2D eigenvalue weighted by Gasteiger charge is -2.12. The smallest absolute Gasteiger partial charge is 0.257 e. The average molecular weight is 414 g/mol. The van der Waals surface area contributed by atoms with E-state index in [0.717, 1.165) is 6.07 Å². The summed E-state index contributed by atoms with van der Waals surface area (Å²) in [7, 11) is 0. The molecule has 0 fully saturated rings. The molecule has 9 heteroatoms. The average Bonchev–Trinajstić information content (AvgIpc) is 2.69. The van der Waals surface area contributed by atoms with Crippen LogP contribution in [0.5, 0.6) is 11.5 Å². The second kappa shape index (κ2) is 7.85. The van der Waals surface area contributed by atoms with Crippen molar-refractivity contribution >= 4 is 23.2 Å². The summed E-state index contributed by atoms with van der Waals surface area (Å²) in [6.07, 6.45) is 0. The van der Waals surface area contributed by atoms with Crippen LogP contribution in [0, 0.1) is 29.1 Å². The Hall–Kier alpha value is -3.13. The topological polar surface area (TPSA) is 38.3 Å². The summed E-state index contributed by atoms with van der Waals surface area (Å²) < 4.78 is 71.9. The lowest BCUT2D eigenvalue weighted by atomic mass is 10.2. The first kappa shape index (κ1) is 19.6. The van der Waals surface area contributed by atoms with Crippen LogP contribution in [0.3, 0.4) is 0 Å². The molecule has 0 atom stereocenters. The van der Waals surface area contributed by atoms with E-state index in [0.29, 0.717) is 0 Å². The summed E-state index contributed by atoms with van der Waals surface area (Å²) >= 11 is 5.93. The third kappa shape index (κ3) is 3.77. The normalized spacial score (nSPS) is 10.6. The van der Waals surface area contributed by atoms with Crippen LogP contribution in [-0.2, 0) is 0 Å². The summed E-state index contributed by atoms with van der Waals surface area (Å²) in [6, 6.07) is 11.4. The van der Waals surface area contributed by atoms with E-state index < -0.39 is 40.7 Å². The Balaban J connectivity index is 1.87. The van der Waals surface area contributed by atoms with Gasteiger partial charge in [-0.1, -0.05) is 29.8 Å². The van der Waals surface area contributed by atoms with Crippen LogP contribution >= 0.6 is 11.6 Å². The lowest BCUT2D eigenvalue weighted by molar-refractivity contribution is 0.102. The zero-order valence-electron chi connectivity index (χ0n) is 13.7. The fourth-order valence-corrected chi connectivity index (χ4v) is 2.49. The first-order valence-electron chi connectivity index (χ1n) is 7.64. The number of benzene rings is 3. The number of rotatable bonds is 4. The molecule has 1 N–H and O–H groups in total. The molecule has 0 saturated carbocycles. The van der Waals surface area contributed by atoms with Gasteiger partial charge in [-0.25, -0.2) is 13.2 Å². The number of nitrogens with one attached hydrogen (secondary N) is 1. The molecular formula is C19H9ClF5NO2. The lowest BCUT2D eigenvalue weighted by Crippen LogP contribution is -2.12. The summed E-state index contributed by atoms with van der Waals surface area (Å²) in [5.74, 6) is -13.0. The van der Waals surface area contributed by atoms with E-state index in [9.17, 15) is 26.7 Å². The minimum absolute atomic E-state index is 0.145. The number of ether oxygens (including phenoxy) is 1. The molecular weight excluding hydrogens is 405 g/mol. The van der Waals surface area contributed by atoms with Gasteiger partial charge in [-0.2, -0.15) is 8.78 Å². The zero-order valence-corrected chi connectivity index (χ0v) is 14.5. The third-order valence-electron chi connectivity index (χ3n) is 3.60. The van der Waals surface area contributed by atoms with Crippen LogP contribution in [-0.4, -0.2) is 5.91 Å². The second-order valence-corrected chi connectivity index (χ2v) is 5.87. The molecule has 3 aromatic rings. The molecule has 0 aliphatic carbocycles. The predicted molar refractivity (Wildman–Crippen MR) is 92.2 cm³/mol. The number of hydrogen-bond acceptors (Lipinski definition) is 2. The van der Waals surface area contributed by atoms with E-state index in [1.807, 2.05) is 0 Å². The Morgan fingerprint density at radius 2 is 1.43 bits per heavy atom. The number of carbonyl (C=O) groups is 1. The summed E-state index contributed by atoms with van der Waals surface area (Å²) in [4.78, 5) is 12.2. The Morgan fingerprint density at radius 1 is 0.821 bits per heavy atom. The molecule has 144 valence electrons. The molecule has 0 radical (unpaired) electrons. The maximum absolute atomic E-state index is 13.7. The first-order chi connectivity index (χ1) is 13.3. The Kier molecular flexibility index (Phi) is 5.51. The van der Waals surface area contributed by atoms with Crippen LogP contribution in [0.25, 0.3) is 0 Å². The molecule has 0 aliphatic rings. The van der Waals surface area contributed by atoms with E-state index in [4.69, 9.17) is 16.3 Å². The molecule has 3 rings (SSSR count). The predicted octanol–water partition coefficient (Wildman–Crippen LogP) is 6.08. The maximum Gasteiger partial charge on any atom is 0.257 e. The first-order valence-corrected chi connectivity index (χ1v) is 8.02. The van der Waals surface area contributed by atoms with Gasteiger partial charge in [0.2, 0.25) is 34.8 Å². The van der Waals surface area contributed by atoms with Gasteiger partial charge < -0.3 is 10.1 Å². The van der Waals surface area contributed by atoms with Crippen molar-refractivity contribution in [3.63, 3.8) is 0 Å². The molecule has 0 aliphatic heterocycles. The number of halogens is 6. The molecule has 1 amide bonds. The van der Waals surface area contributed by atoms with E-state index in [1.54, 1.807) is 12.1 Å². The van der Waals surface area contributed by atoms with Gasteiger partial charge in [0.15, 0.2) is 0 Å². The van der Waals surface area contributed by atoms with E-state index in [2.05, 4.69) is 5.32 Å². The van der Waals surface area contributed by atoms with Gasteiger partial charge in [-0.05, 0) is 24.3 Å². The Labute approximate surface area is 160 Å². The van der Waals surface area contributed by atoms with Crippen LogP contribution in [0.1, 0.15) is 10.4 Å². The number of carbonyl (C=O) groups excluding carboxylic acids is 1. The Bertz CT molecular complexity index is 1050. The van der Waals surface area contributed by atoms with Gasteiger partial charge in [0.1, 0.15) is 5.75 Å². The molecule has 3 aromatic carbocycles. The van der Waals surface area contributed by atoms with Crippen molar-refractivity contribution in [2.45, 2.75) is 0 Å². The highest BCUT2D eigenvalue weighted by Gasteiger charge is 2.27. The van der Waals surface area contributed by atoms with Crippen LogP contribution < -0.4 is 10.1 Å². The fraction of sp³-hybridized carbons (Fsp3) is 0. The molecule has 0 heterocycles. The maximum atomic E-state index is 13.7. The SMILES string of the molecule is O=C(Nc1cccc(Oc2c(F)c(F)c(F)c(F)c2F)c1)c1ccccc1Cl. The van der Waals surface area contributed by atoms with Crippen molar-refractivity contribution in [2.24, 2.45) is 0 Å². The molecule has 3 nitrogen and oxygen atoms in total. The highest BCUT2D eigenvalue weighted by molar-refractivity contribution is 6.34. The van der Waals surface area contributed by atoms with Gasteiger partial charge in [0.25, 0.3) is 5.91 Å². The van der Waals surface area contributed by atoms with Crippen LogP contribution in [0.15, 0.2) is 48.5 Å². The minimum atomic E-state index is -2.29. The fourth-order valence-electron chi connectivity index (χ4n) is 2.27. The third-order valence-corrected chi connectivity index (χ3v) is 3.93. The minimum Gasteiger partial charge on any atom is -0.451 e. The van der Waals surface area contributed by atoms with Crippen molar-refractivity contribution in [1.82, 2.24) is 0 Å².